The lowest BCUT2D eigenvalue weighted by atomic mass is 9.97. The Balaban J connectivity index is 1.42. The van der Waals surface area contributed by atoms with Gasteiger partial charge in [-0.15, -0.1) is 10.2 Å². The summed E-state index contributed by atoms with van der Waals surface area (Å²) in [4.78, 5) is 6.47. The molecule has 1 saturated heterocycles. The number of aromatic nitrogens is 3. The summed E-state index contributed by atoms with van der Waals surface area (Å²) in [5.41, 5.74) is 2.19. The number of likely N-dealkylation sites (tertiary alicyclic amines) is 1. The van der Waals surface area contributed by atoms with Crippen LogP contribution in [0.4, 0.5) is 0 Å². The molecule has 3 aromatic rings. The fourth-order valence-corrected chi connectivity index (χ4v) is 3.40. The van der Waals surface area contributed by atoms with Crippen LogP contribution in [0.3, 0.4) is 0 Å². The number of ether oxygens (including phenoxy) is 1. The van der Waals surface area contributed by atoms with Crippen molar-refractivity contribution in [3.63, 3.8) is 0 Å². The molecule has 1 aromatic carbocycles. The van der Waals surface area contributed by atoms with Crippen LogP contribution in [0, 0.1) is 0 Å². The number of nitrogens with zero attached hydrogens (tertiary/aromatic N) is 4. The van der Waals surface area contributed by atoms with Crippen molar-refractivity contribution in [2.75, 3.05) is 20.2 Å². The quantitative estimate of drug-likeness (QED) is 0.701. The Bertz CT molecular complexity index is 833. The highest BCUT2D eigenvalue weighted by Gasteiger charge is 2.26. The molecule has 6 heteroatoms. The summed E-state index contributed by atoms with van der Waals surface area (Å²) in [6, 6.07) is 12.0. The number of benzene rings is 1. The lowest BCUT2D eigenvalue weighted by Crippen LogP contribution is -2.34. The first-order chi connectivity index (χ1) is 12.8. The van der Waals surface area contributed by atoms with Gasteiger partial charge in [0.1, 0.15) is 5.75 Å². The summed E-state index contributed by atoms with van der Waals surface area (Å²) in [6.45, 7) is 2.95. The number of hydrogen-bond donors (Lipinski definition) is 0. The Labute approximate surface area is 152 Å². The van der Waals surface area contributed by atoms with E-state index in [1.165, 1.54) is 5.56 Å². The molecule has 0 saturated carbocycles. The molecular formula is C20H22N4O2. The van der Waals surface area contributed by atoms with Gasteiger partial charge in [0, 0.05) is 31.0 Å². The molecule has 1 atom stereocenters. The molecule has 4 rings (SSSR count). The van der Waals surface area contributed by atoms with Crippen LogP contribution in [-0.4, -0.2) is 40.3 Å². The van der Waals surface area contributed by atoms with E-state index in [1.54, 1.807) is 19.5 Å². The topological polar surface area (TPSA) is 64.3 Å². The van der Waals surface area contributed by atoms with Gasteiger partial charge in [0.25, 0.3) is 0 Å². The molecule has 1 aliphatic rings. The maximum absolute atomic E-state index is 5.94. The predicted octanol–water partition coefficient (Wildman–Crippen LogP) is 3.52. The van der Waals surface area contributed by atoms with E-state index in [-0.39, 0.29) is 5.92 Å². The largest absolute Gasteiger partial charge is 0.497 e. The van der Waals surface area contributed by atoms with E-state index in [9.17, 15) is 0 Å². The molecule has 0 bridgehead atoms. The van der Waals surface area contributed by atoms with Gasteiger partial charge in [0.05, 0.1) is 13.0 Å². The molecule has 0 N–H and O–H groups in total. The smallest absolute Gasteiger partial charge is 0.247 e. The van der Waals surface area contributed by atoms with Gasteiger partial charge in [-0.1, -0.05) is 12.1 Å². The van der Waals surface area contributed by atoms with Gasteiger partial charge in [0.15, 0.2) is 0 Å². The Morgan fingerprint density at radius 2 is 1.92 bits per heavy atom. The number of piperidine rings is 1. The van der Waals surface area contributed by atoms with Gasteiger partial charge >= 0.3 is 0 Å². The minimum Gasteiger partial charge on any atom is -0.497 e. The minimum atomic E-state index is 0.282. The molecule has 0 amide bonds. The summed E-state index contributed by atoms with van der Waals surface area (Å²) in [5.74, 6) is 2.47. The van der Waals surface area contributed by atoms with Crippen LogP contribution in [0.5, 0.6) is 5.75 Å². The van der Waals surface area contributed by atoms with Crippen LogP contribution in [0.25, 0.3) is 11.5 Å². The first-order valence-corrected chi connectivity index (χ1v) is 8.91. The Hall–Kier alpha value is -2.73. The average Bonchev–Trinajstić information content (AvgIpc) is 3.20. The molecular weight excluding hydrogens is 328 g/mol. The minimum absolute atomic E-state index is 0.282. The monoisotopic (exact) mass is 350 g/mol. The lowest BCUT2D eigenvalue weighted by molar-refractivity contribution is 0.186. The van der Waals surface area contributed by atoms with Gasteiger partial charge in [-0.3, -0.25) is 9.88 Å². The Kier molecular flexibility index (Phi) is 4.93. The van der Waals surface area contributed by atoms with E-state index < -0.39 is 0 Å². The fraction of sp³-hybridized carbons (Fsp3) is 0.350. The maximum Gasteiger partial charge on any atom is 0.247 e. The fourth-order valence-electron chi connectivity index (χ4n) is 3.40. The highest BCUT2D eigenvalue weighted by molar-refractivity contribution is 5.50. The van der Waals surface area contributed by atoms with Crippen LogP contribution >= 0.6 is 0 Å². The van der Waals surface area contributed by atoms with Crippen LogP contribution in [0.1, 0.15) is 30.2 Å². The third-order valence-electron chi connectivity index (χ3n) is 4.79. The number of rotatable bonds is 5. The van der Waals surface area contributed by atoms with Crippen molar-refractivity contribution in [3.8, 4) is 17.2 Å². The zero-order valence-electron chi connectivity index (χ0n) is 14.8. The van der Waals surface area contributed by atoms with E-state index in [2.05, 4.69) is 32.2 Å². The second-order valence-electron chi connectivity index (χ2n) is 6.60. The van der Waals surface area contributed by atoms with Gasteiger partial charge in [-0.05, 0) is 49.2 Å². The van der Waals surface area contributed by atoms with Gasteiger partial charge in [-0.2, -0.15) is 0 Å². The van der Waals surface area contributed by atoms with Crippen molar-refractivity contribution in [2.45, 2.75) is 25.3 Å². The third kappa shape index (κ3) is 3.75. The van der Waals surface area contributed by atoms with Crippen molar-refractivity contribution in [3.05, 3.63) is 60.2 Å². The van der Waals surface area contributed by atoms with Crippen molar-refractivity contribution >= 4 is 0 Å². The number of hydrogen-bond acceptors (Lipinski definition) is 6. The van der Waals surface area contributed by atoms with Crippen molar-refractivity contribution < 1.29 is 9.15 Å². The molecule has 2 aromatic heterocycles. The first kappa shape index (κ1) is 16.7. The van der Waals surface area contributed by atoms with E-state index in [1.807, 2.05) is 24.3 Å². The molecule has 1 fully saturated rings. The number of pyridine rings is 1. The Morgan fingerprint density at radius 3 is 2.69 bits per heavy atom. The van der Waals surface area contributed by atoms with E-state index in [0.717, 1.165) is 49.7 Å². The average molecular weight is 350 g/mol. The zero-order valence-corrected chi connectivity index (χ0v) is 14.8. The number of methoxy groups -OCH3 is 1. The van der Waals surface area contributed by atoms with E-state index in [4.69, 9.17) is 9.15 Å². The summed E-state index contributed by atoms with van der Waals surface area (Å²) in [6.07, 6.45) is 5.68. The normalized spacial score (nSPS) is 18.0. The maximum atomic E-state index is 5.94. The molecule has 1 aliphatic heterocycles. The van der Waals surface area contributed by atoms with Crippen molar-refractivity contribution in [1.82, 2.24) is 20.1 Å². The van der Waals surface area contributed by atoms with E-state index >= 15 is 0 Å². The summed E-state index contributed by atoms with van der Waals surface area (Å²) < 4.78 is 11.2. The zero-order chi connectivity index (χ0) is 17.8. The molecule has 0 unspecified atom stereocenters. The highest BCUT2D eigenvalue weighted by atomic mass is 16.5. The second-order valence-corrected chi connectivity index (χ2v) is 6.60. The molecule has 6 nitrogen and oxygen atoms in total. The van der Waals surface area contributed by atoms with Crippen LogP contribution in [0.15, 0.2) is 53.2 Å². The molecule has 0 radical (unpaired) electrons. The van der Waals surface area contributed by atoms with Crippen LogP contribution in [-0.2, 0) is 6.54 Å². The molecule has 0 spiro atoms. The standard InChI is InChI=1S/C20H22N4O2/c1-25-18-6-4-15(5-7-18)13-24-12-2-3-17(14-24)20-23-22-19(26-20)16-8-10-21-11-9-16/h4-11,17H,2-3,12-14H2,1H3/t17-/m1/s1. The van der Waals surface area contributed by atoms with E-state index in [0.29, 0.717) is 5.89 Å². The van der Waals surface area contributed by atoms with Crippen molar-refractivity contribution in [2.24, 2.45) is 0 Å². The second kappa shape index (κ2) is 7.66. The van der Waals surface area contributed by atoms with Crippen molar-refractivity contribution in [1.29, 1.82) is 0 Å². The first-order valence-electron chi connectivity index (χ1n) is 8.91. The molecule has 134 valence electrons. The van der Waals surface area contributed by atoms with Crippen LogP contribution in [0.2, 0.25) is 0 Å². The third-order valence-corrected chi connectivity index (χ3v) is 4.79. The lowest BCUT2D eigenvalue weighted by Gasteiger charge is -2.31. The van der Waals surface area contributed by atoms with Gasteiger partial charge in [0.2, 0.25) is 11.8 Å². The SMILES string of the molecule is COc1ccc(CN2CCC[C@@H](c3nnc(-c4ccncc4)o3)C2)cc1. The summed E-state index contributed by atoms with van der Waals surface area (Å²) in [5, 5.41) is 8.51. The van der Waals surface area contributed by atoms with Crippen LogP contribution < -0.4 is 4.74 Å². The molecule has 26 heavy (non-hydrogen) atoms. The van der Waals surface area contributed by atoms with Gasteiger partial charge < -0.3 is 9.15 Å². The van der Waals surface area contributed by atoms with Gasteiger partial charge in [-0.25, -0.2) is 0 Å². The molecule has 3 heterocycles. The summed E-state index contributed by atoms with van der Waals surface area (Å²) >= 11 is 0. The summed E-state index contributed by atoms with van der Waals surface area (Å²) in [7, 11) is 1.69. The predicted molar refractivity (Wildman–Crippen MR) is 97.8 cm³/mol. The molecule has 0 aliphatic carbocycles. The highest BCUT2D eigenvalue weighted by Crippen LogP contribution is 2.29. The Morgan fingerprint density at radius 1 is 1.12 bits per heavy atom.